The average Bonchev–Trinajstić information content (AvgIpc) is 3.91. The molecule has 0 aliphatic rings. The van der Waals surface area contributed by atoms with E-state index in [-0.39, 0.29) is 0 Å². The van der Waals surface area contributed by atoms with Gasteiger partial charge in [-0.3, -0.25) is 0 Å². The van der Waals surface area contributed by atoms with Crippen LogP contribution in [0.3, 0.4) is 0 Å². The molecule has 0 saturated heterocycles. The molecule has 0 spiro atoms. The lowest BCUT2D eigenvalue weighted by Gasteiger charge is -2.11. The van der Waals surface area contributed by atoms with Crippen molar-refractivity contribution in [1.29, 1.82) is 0 Å². The summed E-state index contributed by atoms with van der Waals surface area (Å²) in [5, 5.41) is 4.62. The van der Waals surface area contributed by atoms with E-state index in [4.69, 9.17) is 29.9 Å². The van der Waals surface area contributed by atoms with Crippen LogP contribution >= 0.6 is 11.3 Å². The highest BCUT2D eigenvalue weighted by Gasteiger charge is 2.21. The lowest BCUT2D eigenvalue weighted by molar-refractivity contribution is 1.08. The molecule has 7 nitrogen and oxygen atoms in total. The Morgan fingerprint density at radius 2 is 0.710 bits per heavy atom. The zero-order chi connectivity index (χ0) is 41.0. The number of fused-ring (bicyclic) bond motifs is 6. The van der Waals surface area contributed by atoms with Crippen LogP contribution in [0.15, 0.2) is 200 Å². The molecule has 8 aromatic carbocycles. The van der Waals surface area contributed by atoms with E-state index in [1.165, 1.54) is 21.8 Å². The number of nitrogens with zero attached hydrogens (tertiary/aromatic N) is 7. The molecule has 0 atom stereocenters. The number of thiophene rings is 1. The maximum atomic E-state index is 5.23. The molecule has 0 saturated carbocycles. The standard InChI is InChI=1S/C54H33N7S/c1-4-16-34(17-5-1)49-55-50(35-18-6-2-7-19-35)58-53(57-49)42-25-15-29-46-47(42)41-24-14-26-43(48(41)62-46)54-59-51(36-20-8-3-9-21-36)56-52(60-54)37-30-32-38(33-31-37)61-44-27-12-10-22-39(44)40-23-11-13-28-45(40)61/h1-33H. The molecule has 0 fully saturated rings. The van der Waals surface area contributed by atoms with Crippen LogP contribution < -0.4 is 0 Å². The van der Waals surface area contributed by atoms with Crippen LogP contribution in [0.25, 0.3) is 116 Å². The summed E-state index contributed by atoms with van der Waals surface area (Å²) in [7, 11) is 0. The SMILES string of the molecule is c1ccc(-c2nc(-c3ccc(-n4c5ccccc5c5ccccc54)cc3)nc(-c3cccc4c3sc3cccc(-c5nc(-c6ccccc6)nc(-c6ccccc6)n5)c34)n2)cc1. The zero-order valence-corrected chi connectivity index (χ0v) is 33.9. The van der Waals surface area contributed by atoms with Crippen LogP contribution in [0.5, 0.6) is 0 Å². The van der Waals surface area contributed by atoms with Gasteiger partial charge >= 0.3 is 0 Å². The van der Waals surface area contributed by atoms with Gasteiger partial charge in [-0.05, 0) is 48.5 Å². The van der Waals surface area contributed by atoms with Crippen molar-refractivity contribution in [3.8, 4) is 74.0 Å². The Hall–Kier alpha value is -8.20. The first kappa shape index (κ1) is 35.7. The quantitative estimate of drug-likeness (QED) is 0.159. The minimum atomic E-state index is 0.605. The highest BCUT2D eigenvalue weighted by atomic mass is 32.1. The Kier molecular flexibility index (Phi) is 8.53. The number of rotatable bonds is 7. The number of benzene rings is 8. The third-order valence-corrected chi connectivity index (χ3v) is 12.5. The highest BCUT2D eigenvalue weighted by Crippen LogP contribution is 2.43. The Morgan fingerprint density at radius 1 is 0.306 bits per heavy atom. The summed E-state index contributed by atoms with van der Waals surface area (Å²) in [4.78, 5) is 30.6. The van der Waals surface area contributed by atoms with Crippen molar-refractivity contribution in [3.63, 3.8) is 0 Å². The van der Waals surface area contributed by atoms with Gasteiger partial charge in [-0.1, -0.05) is 152 Å². The Balaban J connectivity index is 1.01. The molecule has 0 aliphatic heterocycles. The fourth-order valence-corrected chi connectivity index (χ4v) is 9.68. The topological polar surface area (TPSA) is 82.3 Å². The minimum absolute atomic E-state index is 0.605. The summed E-state index contributed by atoms with van der Waals surface area (Å²) in [6.07, 6.45) is 0. The van der Waals surface area contributed by atoms with Crippen LogP contribution in [0, 0.1) is 0 Å². The van der Waals surface area contributed by atoms with Gasteiger partial charge in [0.15, 0.2) is 34.9 Å². The van der Waals surface area contributed by atoms with Gasteiger partial charge in [-0.15, -0.1) is 11.3 Å². The third kappa shape index (κ3) is 6.12. The first-order chi connectivity index (χ1) is 30.7. The van der Waals surface area contributed by atoms with Crippen molar-refractivity contribution in [1.82, 2.24) is 34.5 Å². The number of para-hydroxylation sites is 2. The first-order valence-electron chi connectivity index (χ1n) is 20.5. The summed E-state index contributed by atoms with van der Waals surface area (Å²) < 4.78 is 4.51. The maximum Gasteiger partial charge on any atom is 0.165 e. The summed E-state index contributed by atoms with van der Waals surface area (Å²) in [5.41, 5.74) is 8.95. The lowest BCUT2D eigenvalue weighted by Crippen LogP contribution is -2.01. The van der Waals surface area contributed by atoms with Gasteiger partial charge < -0.3 is 4.57 Å². The van der Waals surface area contributed by atoms with E-state index in [2.05, 4.69) is 114 Å². The molecule has 4 heterocycles. The molecule has 12 rings (SSSR count). The molecule has 0 radical (unpaired) electrons. The summed E-state index contributed by atoms with van der Waals surface area (Å²) in [6.45, 7) is 0. The molecule has 0 unspecified atom stereocenters. The second-order valence-electron chi connectivity index (χ2n) is 15.1. The van der Waals surface area contributed by atoms with Gasteiger partial charge in [0.1, 0.15) is 0 Å². The van der Waals surface area contributed by atoms with E-state index in [9.17, 15) is 0 Å². The van der Waals surface area contributed by atoms with Crippen molar-refractivity contribution in [3.05, 3.63) is 200 Å². The van der Waals surface area contributed by atoms with Crippen LogP contribution in [0.4, 0.5) is 0 Å². The molecular formula is C54H33N7S. The summed E-state index contributed by atoms with van der Waals surface area (Å²) >= 11 is 1.72. The average molecular weight is 812 g/mol. The van der Waals surface area contributed by atoms with E-state index in [1.807, 2.05) is 91.0 Å². The van der Waals surface area contributed by atoms with Gasteiger partial charge in [-0.2, -0.15) is 0 Å². The monoisotopic (exact) mass is 811 g/mol. The van der Waals surface area contributed by atoms with Crippen molar-refractivity contribution >= 4 is 53.3 Å². The normalized spacial score (nSPS) is 11.5. The predicted octanol–water partition coefficient (Wildman–Crippen LogP) is 13.5. The second-order valence-corrected chi connectivity index (χ2v) is 16.1. The number of aromatic nitrogens is 7. The van der Waals surface area contributed by atoms with Crippen molar-refractivity contribution in [2.24, 2.45) is 0 Å². The lowest BCUT2D eigenvalue weighted by atomic mass is 10.0. The zero-order valence-electron chi connectivity index (χ0n) is 33.1. The van der Waals surface area contributed by atoms with E-state index in [0.29, 0.717) is 34.9 Å². The van der Waals surface area contributed by atoms with E-state index in [0.717, 1.165) is 59.2 Å². The van der Waals surface area contributed by atoms with Gasteiger partial charge in [0.05, 0.1) is 11.0 Å². The predicted molar refractivity (Wildman–Crippen MR) is 253 cm³/mol. The number of hydrogen-bond donors (Lipinski definition) is 0. The molecule has 0 amide bonds. The molecule has 4 aromatic heterocycles. The molecule has 0 N–H and O–H groups in total. The molecule has 62 heavy (non-hydrogen) atoms. The van der Waals surface area contributed by atoms with Crippen molar-refractivity contribution in [2.75, 3.05) is 0 Å². The van der Waals surface area contributed by atoms with Crippen molar-refractivity contribution < 1.29 is 0 Å². The van der Waals surface area contributed by atoms with Gasteiger partial charge in [-0.25, -0.2) is 29.9 Å². The van der Waals surface area contributed by atoms with Gasteiger partial charge in [0, 0.05) is 70.0 Å². The first-order valence-corrected chi connectivity index (χ1v) is 21.3. The van der Waals surface area contributed by atoms with Crippen LogP contribution in [0.2, 0.25) is 0 Å². The third-order valence-electron chi connectivity index (χ3n) is 11.3. The van der Waals surface area contributed by atoms with E-state index in [1.54, 1.807) is 11.3 Å². The van der Waals surface area contributed by atoms with Crippen LogP contribution in [-0.2, 0) is 0 Å². The second kappa shape index (κ2) is 14.8. The summed E-state index contributed by atoms with van der Waals surface area (Å²) in [6, 6.07) is 68.7. The summed E-state index contributed by atoms with van der Waals surface area (Å²) in [5.74, 6) is 3.70. The molecule has 8 heteroatoms. The van der Waals surface area contributed by atoms with E-state index >= 15 is 0 Å². The molecular weight excluding hydrogens is 779 g/mol. The minimum Gasteiger partial charge on any atom is -0.309 e. The highest BCUT2D eigenvalue weighted by molar-refractivity contribution is 7.26. The van der Waals surface area contributed by atoms with Crippen LogP contribution in [-0.4, -0.2) is 34.5 Å². The maximum absolute atomic E-state index is 5.23. The Bertz CT molecular complexity index is 3510. The largest absolute Gasteiger partial charge is 0.309 e. The number of hydrogen-bond acceptors (Lipinski definition) is 7. The van der Waals surface area contributed by atoms with Crippen molar-refractivity contribution in [2.45, 2.75) is 0 Å². The fraction of sp³-hybridized carbons (Fsp3) is 0. The van der Waals surface area contributed by atoms with Crippen LogP contribution in [0.1, 0.15) is 0 Å². The molecule has 0 bridgehead atoms. The van der Waals surface area contributed by atoms with Gasteiger partial charge in [0.2, 0.25) is 0 Å². The van der Waals surface area contributed by atoms with E-state index < -0.39 is 0 Å². The smallest absolute Gasteiger partial charge is 0.165 e. The molecule has 290 valence electrons. The Morgan fingerprint density at radius 3 is 1.24 bits per heavy atom. The Labute approximate surface area is 360 Å². The molecule has 0 aliphatic carbocycles. The molecule has 12 aromatic rings. The van der Waals surface area contributed by atoms with Gasteiger partial charge in [0.25, 0.3) is 0 Å². The fourth-order valence-electron chi connectivity index (χ4n) is 8.44.